The third-order valence-electron chi connectivity index (χ3n) is 2.63. The Balaban J connectivity index is 1.85. The number of nitrogens with two attached hydrogens (primary N) is 1. The van der Waals surface area contributed by atoms with Crippen LogP contribution in [-0.4, -0.2) is 26.2 Å². The summed E-state index contributed by atoms with van der Waals surface area (Å²) in [5.41, 5.74) is 5.87. The molecule has 8 heteroatoms. The lowest BCUT2D eigenvalue weighted by molar-refractivity contribution is 0.308. The summed E-state index contributed by atoms with van der Waals surface area (Å²) in [6.07, 6.45) is 3.54. The van der Waals surface area contributed by atoms with Crippen LogP contribution >= 0.6 is 11.8 Å². The quantitative estimate of drug-likeness (QED) is 0.861. The topological polar surface area (TPSA) is 104 Å². The fraction of sp³-hybridized carbons (Fsp3) is 0.556. The van der Waals surface area contributed by atoms with Gasteiger partial charge in [0.05, 0.1) is 5.25 Å². The summed E-state index contributed by atoms with van der Waals surface area (Å²) < 4.78 is 9.62. The van der Waals surface area contributed by atoms with Crippen LogP contribution in [0.1, 0.15) is 30.3 Å². The average Bonchev–Trinajstić information content (AvgIpc) is 2.98. The van der Waals surface area contributed by atoms with Crippen molar-refractivity contribution in [3.8, 4) is 11.6 Å². The van der Waals surface area contributed by atoms with Gasteiger partial charge in [0.15, 0.2) is 5.82 Å². The lowest BCUT2D eigenvalue weighted by atomic mass is 10.2. The molecule has 2 aromatic rings. The van der Waals surface area contributed by atoms with Crippen LogP contribution in [-0.2, 0) is 0 Å². The molecule has 0 aromatic carbocycles. The fourth-order valence-electron chi connectivity index (χ4n) is 1.75. The Hall–Kier alpha value is -1.57. The maximum Gasteiger partial charge on any atom is 0.284 e. The predicted molar refractivity (Wildman–Crippen MR) is 61.1 cm³/mol. The Morgan fingerprint density at radius 2 is 2.18 bits per heavy atom. The molecule has 0 saturated carbocycles. The second kappa shape index (κ2) is 4.36. The van der Waals surface area contributed by atoms with Crippen molar-refractivity contribution in [3.63, 3.8) is 0 Å². The number of thioether (sulfide) groups is 1. The van der Waals surface area contributed by atoms with Crippen LogP contribution in [0.25, 0.3) is 11.6 Å². The van der Waals surface area contributed by atoms with Crippen molar-refractivity contribution in [2.24, 2.45) is 0 Å². The van der Waals surface area contributed by atoms with Gasteiger partial charge in [-0.15, -0.1) is 0 Å². The van der Waals surface area contributed by atoms with E-state index in [2.05, 4.69) is 25.1 Å². The zero-order valence-electron chi connectivity index (χ0n) is 9.00. The Bertz CT molecular complexity index is 505. The molecule has 1 aliphatic heterocycles. The van der Waals surface area contributed by atoms with E-state index in [0.717, 1.165) is 12.2 Å². The smallest absolute Gasteiger partial charge is 0.284 e. The normalized spacial score (nSPS) is 20.6. The van der Waals surface area contributed by atoms with Gasteiger partial charge in [-0.2, -0.15) is 16.7 Å². The van der Waals surface area contributed by atoms with Gasteiger partial charge < -0.3 is 10.3 Å². The summed E-state index contributed by atoms with van der Waals surface area (Å²) in [4.78, 5) is 4.30. The van der Waals surface area contributed by atoms with Gasteiger partial charge in [0.25, 0.3) is 5.89 Å². The van der Waals surface area contributed by atoms with Crippen LogP contribution in [0.5, 0.6) is 0 Å². The van der Waals surface area contributed by atoms with Crippen LogP contribution in [0.4, 0.5) is 5.82 Å². The molecule has 1 aliphatic rings. The summed E-state index contributed by atoms with van der Waals surface area (Å²) in [5, 5.41) is 11.4. The summed E-state index contributed by atoms with van der Waals surface area (Å²) in [6, 6.07) is 0. The Morgan fingerprint density at radius 1 is 1.24 bits per heavy atom. The minimum Gasteiger partial charge on any atom is -0.379 e. The number of hydrogen-bond donors (Lipinski definition) is 1. The largest absolute Gasteiger partial charge is 0.379 e. The first-order valence-electron chi connectivity index (χ1n) is 5.38. The van der Waals surface area contributed by atoms with Crippen molar-refractivity contribution in [2.75, 3.05) is 11.5 Å². The van der Waals surface area contributed by atoms with E-state index in [-0.39, 0.29) is 11.7 Å². The van der Waals surface area contributed by atoms with E-state index >= 15 is 0 Å². The van der Waals surface area contributed by atoms with E-state index in [1.165, 1.54) is 12.8 Å². The molecule has 0 radical (unpaired) electrons. The van der Waals surface area contributed by atoms with Crippen LogP contribution in [0.15, 0.2) is 9.15 Å². The van der Waals surface area contributed by atoms with Crippen molar-refractivity contribution in [1.29, 1.82) is 0 Å². The highest BCUT2D eigenvalue weighted by atomic mass is 32.2. The molecule has 2 N–H and O–H groups in total. The molecule has 3 heterocycles. The van der Waals surface area contributed by atoms with E-state index in [0.29, 0.717) is 16.8 Å². The molecule has 0 bridgehead atoms. The number of nitrogen functional groups attached to an aromatic ring is 1. The predicted octanol–water partition coefficient (Wildman–Crippen LogP) is 1.66. The van der Waals surface area contributed by atoms with Crippen molar-refractivity contribution in [1.82, 2.24) is 20.5 Å². The first kappa shape index (κ1) is 10.6. The molecule has 2 aromatic heterocycles. The van der Waals surface area contributed by atoms with E-state index in [9.17, 15) is 0 Å². The Labute approximate surface area is 101 Å². The monoisotopic (exact) mass is 253 g/mol. The molecule has 1 saturated heterocycles. The first-order valence-corrected chi connectivity index (χ1v) is 6.43. The molecule has 0 amide bonds. The van der Waals surface area contributed by atoms with Crippen molar-refractivity contribution >= 4 is 17.6 Å². The van der Waals surface area contributed by atoms with Crippen LogP contribution < -0.4 is 5.73 Å². The average molecular weight is 253 g/mol. The zero-order valence-corrected chi connectivity index (χ0v) is 9.81. The number of hydrogen-bond acceptors (Lipinski definition) is 8. The van der Waals surface area contributed by atoms with E-state index in [1.807, 2.05) is 11.8 Å². The second-order valence-corrected chi connectivity index (χ2v) is 5.12. The zero-order chi connectivity index (χ0) is 11.7. The van der Waals surface area contributed by atoms with Crippen LogP contribution in [0.2, 0.25) is 0 Å². The minimum absolute atomic E-state index is 0.163. The van der Waals surface area contributed by atoms with Gasteiger partial charge in [-0.3, -0.25) is 0 Å². The lowest BCUT2D eigenvalue weighted by Gasteiger charge is -2.17. The first-order chi connectivity index (χ1) is 8.34. The van der Waals surface area contributed by atoms with Gasteiger partial charge in [-0.05, 0) is 28.9 Å². The molecule has 3 rings (SSSR count). The molecular weight excluding hydrogens is 242 g/mol. The van der Waals surface area contributed by atoms with E-state index in [4.69, 9.17) is 10.3 Å². The molecule has 0 aliphatic carbocycles. The van der Waals surface area contributed by atoms with E-state index in [1.54, 1.807) is 0 Å². The standard InChI is InChI=1S/C9H11N5O2S/c10-7-6(12-16-13-7)9-11-8(14-15-9)5-3-1-2-4-17-5/h5H,1-4H2,(H2,10,13). The van der Waals surface area contributed by atoms with Crippen LogP contribution in [0, 0.1) is 0 Å². The fourth-order valence-corrected chi connectivity index (χ4v) is 2.98. The summed E-state index contributed by atoms with van der Waals surface area (Å²) in [7, 11) is 0. The molecule has 1 fully saturated rings. The minimum atomic E-state index is 0.163. The van der Waals surface area contributed by atoms with Gasteiger partial charge >= 0.3 is 0 Å². The summed E-state index contributed by atoms with van der Waals surface area (Å²) >= 11 is 1.86. The molecule has 7 nitrogen and oxygen atoms in total. The van der Waals surface area contributed by atoms with Crippen molar-refractivity contribution in [3.05, 3.63) is 5.82 Å². The Kier molecular flexibility index (Phi) is 2.71. The second-order valence-electron chi connectivity index (χ2n) is 3.81. The van der Waals surface area contributed by atoms with Gasteiger partial charge in [-0.1, -0.05) is 11.6 Å². The van der Waals surface area contributed by atoms with E-state index < -0.39 is 0 Å². The molecule has 1 unspecified atom stereocenters. The number of anilines is 1. The summed E-state index contributed by atoms with van der Waals surface area (Å²) in [6.45, 7) is 0. The van der Waals surface area contributed by atoms with Gasteiger partial charge in [0, 0.05) is 0 Å². The number of nitrogens with zero attached hydrogens (tertiary/aromatic N) is 4. The number of aromatic nitrogens is 4. The molecule has 17 heavy (non-hydrogen) atoms. The third kappa shape index (κ3) is 1.99. The van der Waals surface area contributed by atoms with Crippen molar-refractivity contribution in [2.45, 2.75) is 24.5 Å². The SMILES string of the molecule is Nc1nonc1-c1nc(C2CCCCS2)no1. The Morgan fingerprint density at radius 3 is 2.88 bits per heavy atom. The molecule has 0 spiro atoms. The van der Waals surface area contributed by atoms with Crippen LogP contribution in [0.3, 0.4) is 0 Å². The van der Waals surface area contributed by atoms with Gasteiger partial charge in [0.1, 0.15) is 0 Å². The highest BCUT2D eigenvalue weighted by molar-refractivity contribution is 7.99. The highest BCUT2D eigenvalue weighted by Gasteiger charge is 2.24. The van der Waals surface area contributed by atoms with Gasteiger partial charge in [-0.25, -0.2) is 4.63 Å². The maximum absolute atomic E-state index is 5.56. The number of rotatable bonds is 2. The van der Waals surface area contributed by atoms with Gasteiger partial charge in [0.2, 0.25) is 11.5 Å². The summed E-state index contributed by atoms with van der Waals surface area (Å²) in [5.74, 6) is 2.27. The van der Waals surface area contributed by atoms with Crippen molar-refractivity contribution < 1.29 is 9.15 Å². The highest BCUT2D eigenvalue weighted by Crippen LogP contribution is 2.37. The molecule has 90 valence electrons. The lowest BCUT2D eigenvalue weighted by Crippen LogP contribution is -2.03. The molecular formula is C9H11N5O2S. The third-order valence-corrected chi connectivity index (χ3v) is 4.00. The maximum atomic E-state index is 5.56. The molecule has 1 atom stereocenters.